The number of H-pyrrole nitrogens is 1. The smallest absolute Gasteiger partial charge is 0.207 e. The van der Waals surface area contributed by atoms with Gasteiger partial charge in [0.25, 0.3) is 0 Å². The van der Waals surface area contributed by atoms with Gasteiger partial charge in [-0.2, -0.15) is 0 Å². The van der Waals surface area contributed by atoms with E-state index in [9.17, 15) is 0 Å². The van der Waals surface area contributed by atoms with Gasteiger partial charge in [-0.25, -0.2) is 0 Å². The molecule has 0 saturated carbocycles. The standard InChI is InChI=1S/C7H8N6S2/c14-7-11-10-6(15-7)12-1-2-13-4-8-9-5(13)3-12/h4H,1-3H2,(H,11,14). The van der Waals surface area contributed by atoms with Gasteiger partial charge in [-0.05, 0) is 12.2 Å². The molecule has 0 saturated heterocycles. The third-order valence-electron chi connectivity index (χ3n) is 2.34. The Bertz CT molecular complexity index is 525. The van der Waals surface area contributed by atoms with Crippen molar-refractivity contribution in [1.29, 1.82) is 0 Å². The molecule has 1 aliphatic rings. The summed E-state index contributed by atoms with van der Waals surface area (Å²) >= 11 is 6.49. The molecule has 1 N–H and O–H groups in total. The number of aromatic amines is 1. The monoisotopic (exact) mass is 240 g/mol. The lowest BCUT2D eigenvalue weighted by Crippen LogP contribution is -2.33. The van der Waals surface area contributed by atoms with Crippen molar-refractivity contribution in [2.75, 3.05) is 11.4 Å². The topological polar surface area (TPSA) is 62.6 Å². The summed E-state index contributed by atoms with van der Waals surface area (Å²) in [5.74, 6) is 0.974. The van der Waals surface area contributed by atoms with E-state index in [1.165, 1.54) is 11.3 Å². The maximum absolute atomic E-state index is 5.00. The molecule has 8 heteroatoms. The van der Waals surface area contributed by atoms with Crippen LogP contribution >= 0.6 is 23.6 Å². The molecule has 0 atom stereocenters. The van der Waals surface area contributed by atoms with Gasteiger partial charge < -0.3 is 9.47 Å². The molecule has 78 valence electrons. The Hall–Kier alpha value is -1.28. The largest absolute Gasteiger partial charge is 0.337 e. The lowest BCUT2D eigenvalue weighted by Gasteiger charge is -2.25. The van der Waals surface area contributed by atoms with Gasteiger partial charge in [0, 0.05) is 13.1 Å². The average Bonchev–Trinajstić information content (AvgIpc) is 2.84. The number of nitrogens with one attached hydrogen (secondary N) is 1. The molecule has 0 fully saturated rings. The van der Waals surface area contributed by atoms with Crippen molar-refractivity contribution >= 4 is 28.7 Å². The van der Waals surface area contributed by atoms with Crippen LogP contribution in [-0.2, 0) is 13.1 Å². The molecule has 2 aromatic heterocycles. The van der Waals surface area contributed by atoms with E-state index >= 15 is 0 Å². The Morgan fingerprint density at radius 3 is 3.20 bits per heavy atom. The third-order valence-corrected chi connectivity index (χ3v) is 3.49. The van der Waals surface area contributed by atoms with Gasteiger partial charge in [-0.15, -0.1) is 15.3 Å². The Kier molecular flexibility index (Phi) is 2.03. The van der Waals surface area contributed by atoms with Crippen LogP contribution in [0.15, 0.2) is 6.33 Å². The van der Waals surface area contributed by atoms with E-state index in [-0.39, 0.29) is 0 Å². The van der Waals surface area contributed by atoms with Gasteiger partial charge in [-0.1, -0.05) is 11.3 Å². The second-order valence-electron chi connectivity index (χ2n) is 3.26. The third kappa shape index (κ3) is 1.55. The van der Waals surface area contributed by atoms with Crippen molar-refractivity contribution in [1.82, 2.24) is 25.0 Å². The molecule has 1 aliphatic heterocycles. The molecule has 0 spiro atoms. The minimum Gasteiger partial charge on any atom is -0.337 e. The first-order valence-electron chi connectivity index (χ1n) is 4.50. The van der Waals surface area contributed by atoms with E-state index in [1.807, 2.05) is 0 Å². The van der Waals surface area contributed by atoms with Crippen LogP contribution in [0.4, 0.5) is 5.13 Å². The molecule has 0 amide bonds. The van der Waals surface area contributed by atoms with Crippen LogP contribution in [0, 0.1) is 3.95 Å². The molecule has 0 unspecified atom stereocenters. The van der Waals surface area contributed by atoms with Gasteiger partial charge in [-0.3, -0.25) is 5.10 Å². The van der Waals surface area contributed by atoms with Crippen LogP contribution < -0.4 is 4.90 Å². The van der Waals surface area contributed by atoms with Crippen LogP contribution in [0.2, 0.25) is 0 Å². The number of nitrogens with zero attached hydrogens (tertiary/aromatic N) is 5. The van der Waals surface area contributed by atoms with E-state index in [2.05, 4.69) is 29.9 Å². The molecule has 2 aromatic rings. The molecular formula is C7H8N6S2. The molecule has 0 aromatic carbocycles. The highest BCUT2D eigenvalue weighted by Crippen LogP contribution is 2.21. The van der Waals surface area contributed by atoms with E-state index in [0.717, 1.165) is 30.6 Å². The molecule has 0 radical (unpaired) electrons. The van der Waals surface area contributed by atoms with E-state index in [1.54, 1.807) is 6.33 Å². The van der Waals surface area contributed by atoms with E-state index < -0.39 is 0 Å². The van der Waals surface area contributed by atoms with Crippen molar-refractivity contribution in [3.05, 3.63) is 16.1 Å². The van der Waals surface area contributed by atoms with Crippen molar-refractivity contribution in [2.24, 2.45) is 0 Å². The number of aromatic nitrogens is 5. The fourth-order valence-electron chi connectivity index (χ4n) is 1.59. The summed E-state index contributed by atoms with van der Waals surface area (Å²) in [5.41, 5.74) is 0. The van der Waals surface area contributed by atoms with Gasteiger partial charge in [0.05, 0.1) is 6.54 Å². The van der Waals surface area contributed by atoms with Crippen molar-refractivity contribution < 1.29 is 0 Å². The summed E-state index contributed by atoms with van der Waals surface area (Å²) in [6.07, 6.45) is 1.76. The maximum Gasteiger partial charge on any atom is 0.207 e. The lowest BCUT2D eigenvalue weighted by atomic mass is 10.4. The second-order valence-corrected chi connectivity index (χ2v) is 4.90. The molecule has 0 aliphatic carbocycles. The van der Waals surface area contributed by atoms with Crippen LogP contribution in [0.25, 0.3) is 0 Å². The van der Waals surface area contributed by atoms with Crippen LogP contribution in [0.5, 0.6) is 0 Å². The van der Waals surface area contributed by atoms with Gasteiger partial charge >= 0.3 is 0 Å². The second kappa shape index (κ2) is 3.38. The van der Waals surface area contributed by atoms with Crippen LogP contribution in [0.1, 0.15) is 5.82 Å². The molecule has 0 bridgehead atoms. The van der Waals surface area contributed by atoms with Crippen LogP contribution in [-0.4, -0.2) is 31.5 Å². The predicted molar refractivity (Wildman–Crippen MR) is 58.4 cm³/mol. The number of hydrogen-bond donors (Lipinski definition) is 1. The number of hydrogen-bond acceptors (Lipinski definition) is 6. The number of anilines is 1. The van der Waals surface area contributed by atoms with Crippen molar-refractivity contribution in [2.45, 2.75) is 13.1 Å². The summed E-state index contributed by atoms with van der Waals surface area (Å²) in [4.78, 5) is 2.15. The van der Waals surface area contributed by atoms with Crippen LogP contribution in [0.3, 0.4) is 0 Å². The quantitative estimate of drug-likeness (QED) is 0.747. The SMILES string of the molecule is S=c1[nH]nc(N2CCn3cnnc3C2)s1. The van der Waals surface area contributed by atoms with Gasteiger partial charge in [0.1, 0.15) is 6.33 Å². The van der Waals surface area contributed by atoms with Gasteiger partial charge in [0.15, 0.2) is 9.78 Å². The zero-order chi connectivity index (χ0) is 10.3. The normalized spacial score (nSPS) is 15.3. The first-order chi connectivity index (χ1) is 7.33. The Morgan fingerprint density at radius 2 is 2.40 bits per heavy atom. The predicted octanol–water partition coefficient (Wildman–Crippen LogP) is 0.812. The fraction of sp³-hybridized carbons (Fsp3) is 0.429. The zero-order valence-electron chi connectivity index (χ0n) is 7.75. The molecule has 15 heavy (non-hydrogen) atoms. The first-order valence-corrected chi connectivity index (χ1v) is 5.72. The summed E-state index contributed by atoms with van der Waals surface area (Å²) in [7, 11) is 0. The Labute approximate surface area is 94.6 Å². The molecule has 6 nitrogen and oxygen atoms in total. The Morgan fingerprint density at radius 1 is 1.47 bits per heavy atom. The molecule has 3 heterocycles. The number of rotatable bonds is 1. The molecular weight excluding hydrogens is 232 g/mol. The maximum atomic E-state index is 5.00. The van der Waals surface area contributed by atoms with Crippen molar-refractivity contribution in [3.8, 4) is 0 Å². The van der Waals surface area contributed by atoms with E-state index in [0.29, 0.717) is 3.95 Å². The highest BCUT2D eigenvalue weighted by atomic mass is 32.1. The van der Waals surface area contributed by atoms with Gasteiger partial charge in [0.2, 0.25) is 5.13 Å². The molecule has 3 rings (SSSR count). The van der Waals surface area contributed by atoms with Crippen molar-refractivity contribution in [3.63, 3.8) is 0 Å². The fourth-order valence-corrected chi connectivity index (χ4v) is 2.49. The zero-order valence-corrected chi connectivity index (χ0v) is 9.38. The summed E-state index contributed by atoms with van der Waals surface area (Å²) in [6, 6.07) is 0. The van der Waals surface area contributed by atoms with E-state index in [4.69, 9.17) is 12.2 Å². The number of fused-ring (bicyclic) bond motifs is 1. The average molecular weight is 240 g/mol. The minimum atomic E-state index is 0.706. The minimum absolute atomic E-state index is 0.706. The first kappa shape index (κ1) is 8.98. The highest BCUT2D eigenvalue weighted by Gasteiger charge is 2.19. The summed E-state index contributed by atoms with van der Waals surface area (Å²) < 4.78 is 2.76. The lowest BCUT2D eigenvalue weighted by molar-refractivity contribution is 0.558. The highest BCUT2D eigenvalue weighted by molar-refractivity contribution is 7.73. The summed E-state index contributed by atoms with van der Waals surface area (Å²) in [5, 5.41) is 15.8. The Balaban J connectivity index is 1.90. The summed E-state index contributed by atoms with van der Waals surface area (Å²) in [6.45, 7) is 2.56.